The summed E-state index contributed by atoms with van der Waals surface area (Å²) in [5.41, 5.74) is 6.95. The number of nitrogens with two attached hydrogens (primary N) is 1. The quantitative estimate of drug-likeness (QED) is 0.840. The summed E-state index contributed by atoms with van der Waals surface area (Å²) in [5.74, 6) is 0. The van der Waals surface area contributed by atoms with Crippen LogP contribution in [0.3, 0.4) is 0 Å². The van der Waals surface area contributed by atoms with Crippen LogP contribution in [-0.2, 0) is 13.1 Å². The van der Waals surface area contributed by atoms with Gasteiger partial charge in [0.25, 0.3) is 6.43 Å². The van der Waals surface area contributed by atoms with Crippen molar-refractivity contribution < 1.29 is 8.78 Å². The lowest BCUT2D eigenvalue weighted by molar-refractivity contribution is 0.128. The normalized spacial score (nSPS) is 11.5. The topological polar surface area (TPSA) is 43.8 Å². The molecule has 0 bridgehead atoms. The molecule has 0 radical (unpaired) electrons. The molecule has 2 aromatic heterocycles. The maximum absolute atomic E-state index is 12.3. The van der Waals surface area contributed by atoms with Crippen LogP contribution in [0.4, 0.5) is 8.78 Å². The third-order valence-electron chi connectivity index (χ3n) is 2.27. The summed E-state index contributed by atoms with van der Waals surface area (Å²) in [4.78, 5) is 4.08. The number of alkyl halides is 2. The van der Waals surface area contributed by atoms with Crippen LogP contribution in [0.2, 0.25) is 0 Å². The highest BCUT2D eigenvalue weighted by Gasteiger charge is 2.11. The van der Waals surface area contributed by atoms with E-state index in [4.69, 9.17) is 5.73 Å². The SMILES string of the molecule is NCc1cn(CC(F)F)c2ncccc12. The van der Waals surface area contributed by atoms with Crippen LogP contribution in [0.15, 0.2) is 24.5 Å². The first-order chi connectivity index (χ1) is 7.22. The van der Waals surface area contributed by atoms with Crippen LogP contribution < -0.4 is 5.73 Å². The summed E-state index contributed by atoms with van der Waals surface area (Å²) in [6.45, 7) is -0.00799. The largest absolute Gasteiger partial charge is 0.326 e. The number of fused-ring (bicyclic) bond motifs is 1. The van der Waals surface area contributed by atoms with Crippen LogP contribution in [-0.4, -0.2) is 16.0 Å². The van der Waals surface area contributed by atoms with Crippen molar-refractivity contribution in [1.82, 2.24) is 9.55 Å². The van der Waals surface area contributed by atoms with Gasteiger partial charge in [0.15, 0.2) is 0 Å². The molecule has 0 aliphatic rings. The average Bonchev–Trinajstić information content (AvgIpc) is 2.56. The van der Waals surface area contributed by atoms with Crippen molar-refractivity contribution in [3.8, 4) is 0 Å². The zero-order chi connectivity index (χ0) is 10.8. The molecule has 3 nitrogen and oxygen atoms in total. The first kappa shape index (κ1) is 10.0. The summed E-state index contributed by atoms with van der Waals surface area (Å²) >= 11 is 0. The van der Waals surface area contributed by atoms with E-state index in [0.29, 0.717) is 12.2 Å². The van der Waals surface area contributed by atoms with Gasteiger partial charge in [-0.3, -0.25) is 0 Å². The van der Waals surface area contributed by atoms with E-state index in [1.165, 1.54) is 4.57 Å². The Morgan fingerprint density at radius 1 is 1.47 bits per heavy atom. The molecular formula is C10H11F2N3. The van der Waals surface area contributed by atoms with Crippen molar-refractivity contribution in [1.29, 1.82) is 0 Å². The fraction of sp³-hybridized carbons (Fsp3) is 0.300. The molecule has 0 aromatic carbocycles. The van der Waals surface area contributed by atoms with E-state index in [9.17, 15) is 8.78 Å². The number of aromatic nitrogens is 2. The molecule has 0 saturated carbocycles. The molecule has 0 aliphatic heterocycles. The third kappa shape index (κ3) is 1.83. The zero-order valence-corrected chi connectivity index (χ0v) is 8.03. The first-order valence-corrected chi connectivity index (χ1v) is 4.63. The van der Waals surface area contributed by atoms with Gasteiger partial charge in [-0.25, -0.2) is 13.8 Å². The lowest BCUT2D eigenvalue weighted by Crippen LogP contribution is -2.05. The van der Waals surface area contributed by atoms with Gasteiger partial charge in [0.2, 0.25) is 0 Å². The molecule has 0 aliphatic carbocycles. The van der Waals surface area contributed by atoms with Crippen molar-refractivity contribution in [2.24, 2.45) is 5.73 Å². The van der Waals surface area contributed by atoms with Gasteiger partial charge < -0.3 is 10.3 Å². The van der Waals surface area contributed by atoms with Gasteiger partial charge in [-0.05, 0) is 17.7 Å². The Bertz CT molecular complexity index is 465. The van der Waals surface area contributed by atoms with Gasteiger partial charge in [0.1, 0.15) is 5.65 Å². The molecule has 0 atom stereocenters. The lowest BCUT2D eigenvalue weighted by Gasteiger charge is -2.02. The summed E-state index contributed by atoms with van der Waals surface area (Å²) in [5, 5.41) is 0.848. The van der Waals surface area contributed by atoms with Crippen LogP contribution in [0.1, 0.15) is 5.56 Å². The van der Waals surface area contributed by atoms with Crippen LogP contribution in [0.5, 0.6) is 0 Å². The molecule has 2 rings (SSSR count). The molecule has 15 heavy (non-hydrogen) atoms. The van der Waals surface area contributed by atoms with Crippen LogP contribution in [0, 0.1) is 0 Å². The molecule has 0 unspecified atom stereocenters. The van der Waals surface area contributed by atoms with Gasteiger partial charge in [0, 0.05) is 24.3 Å². The van der Waals surface area contributed by atoms with E-state index in [-0.39, 0.29) is 6.54 Å². The average molecular weight is 211 g/mol. The molecule has 5 heteroatoms. The summed E-state index contributed by atoms with van der Waals surface area (Å²) < 4.78 is 26.0. The maximum Gasteiger partial charge on any atom is 0.256 e. The standard InChI is InChI=1S/C10H11F2N3/c11-9(12)6-15-5-7(4-13)8-2-1-3-14-10(8)15/h1-3,5,9H,4,6,13H2. The molecule has 0 saturated heterocycles. The Kier molecular flexibility index (Phi) is 2.64. The molecule has 0 amide bonds. The molecular weight excluding hydrogens is 200 g/mol. The zero-order valence-electron chi connectivity index (χ0n) is 8.03. The third-order valence-corrected chi connectivity index (χ3v) is 2.27. The number of pyridine rings is 1. The second-order valence-corrected chi connectivity index (χ2v) is 3.28. The smallest absolute Gasteiger partial charge is 0.256 e. The second kappa shape index (κ2) is 3.94. The summed E-state index contributed by atoms with van der Waals surface area (Å²) in [6, 6.07) is 3.61. The fourth-order valence-corrected chi connectivity index (χ4v) is 1.65. The van der Waals surface area contributed by atoms with Gasteiger partial charge in [0.05, 0.1) is 6.54 Å². The predicted molar refractivity (Wildman–Crippen MR) is 53.6 cm³/mol. The van der Waals surface area contributed by atoms with Crippen LogP contribution >= 0.6 is 0 Å². The molecule has 2 aromatic rings. The Morgan fingerprint density at radius 3 is 2.93 bits per heavy atom. The number of nitrogens with zero attached hydrogens (tertiary/aromatic N) is 2. The Hall–Kier alpha value is -1.49. The lowest BCUT2D eigenvalue weighted by atomic mass is 10.2. The van der Waals surface area contributed by atoms with Crippen molar-refractivity contribution in [2.45, 2.75) is 19.5 Å². The molecule has 80 valence electrons. The van der Waals surface area contributed by atoms with E-state index in [1.54, 1.807) is 18.5 Å². The van der Waals surface area contributed by atoms with Gasteiger partial charge >= 0.3 is 0 Å². The summed E-state index contributed by atoms with van der Waals surface area (Å²) in [7, 11) is 0. The van der Waals surface area contributed by atoms with Crippen LogP contribution in [0.25, 0.3) is 11.0 Å². The second-order valence-electron chi connectivity index (χ2n) is 3.28. The van der Waals surface area contributed by atoms with E-state index in [1.807, 2.05) is 6.07 Å². The molecule has 0 spiro atoms. The van der Waals surface area contributed by atoms with E-state index in [2.05, 4.69) is 4.98 Å². The minimum absolute atomic E-state index is 0.332. The van der Waals surface area contributed by atoms with E-state index in [0.717, 1.165) is 10.9 Å². The Balaban J connectivity index is 2.55. The van der Waals surface area contributed by atoms with Crippen molar-refractivity contribution in [2.75, 3.05) is 0 Å². The van der Waals surface area contributed by atoms with E-state index < -0.39 is 6.43 Å². The Morgan fingerprint density at radius 2 is 2.27 bits per heavy atom. The molecule has 2 heterocycles. The van der Waals surface area contributed by atoms with Crippen molar-refractivity contribution >= 4 is 11.0 Å². The van der Waals surface area contributed by atoms with E-state index >= 15 is 0 Å². The number of rotatable bonds is 3. The minimum atomic E-state index is -2.38. The molecule has 2 N–H and O–H groups in total. The highest BCUT2D eigenvalue weighted by molar-refractivity contribution is 5.80. The first-order valence-electron chi connectivity index (χ1n) is 4.63. The highest BCUT2D eigenvalue weighted by atomic mass is 19.3. The number of hydrogen-bond donors (Lipinski definition) is 1. The monoisotopic (exact) mass is 211 g/mol. The highest BCUT2D eigenvalue weighted by Crippen LogP contribution is 2.19. The predicted octanol–water partition coefficient (Wildman–Crippen LogP) is 1.76. The molecule has 0 fully saturated rings. The van der Waals surface area contributed by atoms with Gasteiger partial charge in [-0.15, -0.1) is 0 Å². The summed E-state index contributed by atoms with van der Waals surface area (Å²) in [6.07, 6.45) is 0.849. The van der Waals surface area contributed by atoms with Gasteiger partial charge in [-0.1, -0.05) is 0 Å². The van der Waals surface area contributed by atoms with Gasteiger partial charge in [-0.2, -0.15) is 0 Å². The van der Waals surface area contributed by atoms with Crippen molar-refractivity contribution in [3.05, 3.63) is 30.1 Å². The van der Waals surface area contributed by atoms with Crippen molar-refractivity contribution in [3.63, 3.8) is 0 Å². The fourth-order valence-electron chi connectivity index (χ4n) is 1.65. The number of hydrogen-bond acceptors (Lipinski definition) is 2. The number of halogens is 2. The Labute approximate surface area is 85.5 Å². The minimum Gasteiger partial charge on any atom is -0.326 e. The maximum atomic E-state index is 12.3.